The summed E-state index contributed by atoms with van der Waals surface area (Å²) < 4.78 is 5.36. The van der Waals surface area contributed by atoms with Gasteiger partial charge in [0.05, 0.1) is 29.9 Å². The lowest BCUT2D eigenvalue weighted by Gasteiger charge is -2.49. The highest BCUT2D eigenvalue weighted by Gasteiger charge is 2.51. The third kappa shape index (κ3) is 6.21. The van der Waals surface area contributed by atoms with Crippen LogP contribution < -0.4 is 5.32 Å². The van der Waals surface area contributed by atoms with E-state index in [1.165, 1.54) is 0 Å². The van der Waals surface area contributed by atoms with Crippen LogP contribution in [0.25, 0.3) is 0 Å². The minimum absolute atomic E-state index is 0.0110. The van der Waals surface area contributed by atoms with Crippen LogP contribution in [0.3, 0.4) is 0 Å². The summed E-state index contributed by atoms with van der Waals surface area (Å²) >= 11 is 0. The predicted octanol–water partition coefficient (Wildman–Crippen LogP) is 6.48. The molecule has 1 amide bonds. The Balaban J connectivity index is 1.90. The summed E-state index contributed by atoms with van der Waals surface area (Å²) in [6.45, 7) is 17.9. The van der Waals surface area contributed by atoms with Crippen LogP contribution in [0.2, 0.25) is 0 Å². The molecule has 1 aromatic rings. The molecule has 1 heterocycles. The van der Waals surface area contributed by atoms with Crippen LogP contribution in [0.4, 0.5) is 0 Å². The number of nitrogens with zero attached hydrogens (tertiary/aromatic N) is 1. The van der Waals surface area contributed by atoms with Gasteiger partial charge in [0.25, 0.3) is 0 Å². The lowest BCUT2D eigenvalue weighted by Crippen LogP contribution is -2.56. The van der Waals surface area contributed by atoms with Crippen LogP contribution in [0, 0.1) is 16.7 Å². The molecule has 0 aromatic heterocycles. The molecule has 190 valence electrons. The minimum atomic E-state index is -0.302. The Labute approximate surface area is 207 Å². The zero-order chi connectivity index (χ0) is 25.3. The quantitative estimate of drug-likeness (QED) is 0.483. The smallest absolute Gasteiger partial charge is 0.338 e. The van der Waals surface area contributed by atoms with Gasteiger partial charge in [0.15, 0.2) is 0 Å². The molecule has 0 radical (unpaired) electrons. The van der Waals surface area contributed by atoms with E-state index in [4.69, 9.17) is 4.74 Å². The molecular formula is C29H46N2O3. The van der Waals surface area contributed by atoms with Gasteiger partial charge in [-0.1, -0.05) is 53.7 Å². The standard InChI is InChI=1S/C29H46N2O3/c1-20(2)34-26(33)22-11-9-21(10-12-22)24(15-16-27(3,4)5)31-25(32)19-30-29(31)17-13-23(14-18-29)28(6,7)8/h9-12,20,23-24,30H,13-19H2,1-8H3/t23?,24-,29?/m1/s1. The van der Waals surface area contributed by atoms with E-state index in [-0.39, 0.29) is 35.1 Å². The fraction of sp³-hybridized carbons (Fsp3) is 0.724. The maximum absolute atomic E-state index is 13.4. The zero-order valence-electron chi connectivity index (χ0n) is 22.7. The first-order chi connectivity index (χ1) is 15.7. The van der Waals surface area contributed by atoms with Gasteiger partial charge in [-0.25, -0.2) is 4.79 Å². The van der Waals surface area contributed by atoms with Crippen molar-refractivity contribution in [3.63, 3.8) is 0 Å². The summed E-state index contributed by atoms with van der Waals surface area (Å²) in [5.41, 5.74) is 1.85. The van der Waals surface area contributed by atoms with Crippen molar-refractivity contribution in [1.29, 1.82) is 0 Å². The number of amides is 1. The van der Waals surface area contributed by atoms with Crippen molar-refractivity contribution < 1.29 is 14.3 Å². The first kappa shape index (κ1) is 26.7. The predicted molar refractivity (Wildman–Crippen MR) is 137 cm³/mol. The third-order valence-electron chi connectivity index (χ3n) is 7.69. The molecule has 1 aliphatic carbocycles. The van der Waals surface area contributed by atoms with Crippen molar-refractivity contribution in [1.82, 2.24) is 10.2 Å². The zero-order valence-corrected chi connectivity index (χ0v) is 22.7. The molecule has 1 atom stereocenters. The summed E-state index contributed by atoms with van der Waals surface area (Å²) in [5.74, 6) is 0.567. The van der Waals surface area contributed by atoms with Crippen molar-refractivity contribution in [2.75, 3.05) is 6.54 Å². The SMILES string of the molecule is CC(C)OC(=O)c1ccc([C@@H](CCC(C)(C)C)N2C(=O)CNC23CCC(C(C)(C)C)CC3)cc1. The summed E-state index contributed by atoms with van der Waals surface area (Å²) in [6.07, 6.45) is 6.01. The third-order valence-corrected chi connectivity index (χ3v) is 7.69. The molecule has 1 saturated heterocycles. The molecule has 1 aromatic carbocycles. The van der Waals surface area contributed by atoms with Gasteiger partial charge in [-0.15, -0.1) is 0 Å². The Hall–Kier alpha value is -1.88. The molecule has 0 bridgehead atoms. The highest BCUT2D eigenvalue weighted by Crippen LogP contribution is 2.47. The number of carbonyl (C=O) groups is 2. The number of esters is 1. The molecule has 5 nitrogen and oxygen atoms in total. The van der Waals surface area contributed by atoms with Gasteiger partial charge in [0.2, 0.25) is 5.91 Å². The first-order valence-electron chi connectivity index (χ1n) is 13.1. The van der Waals surface area contributed by atoms with Gasteiger partial charge < -0.3 is 9.64 Å². The second kappa shape index (κ2) is 10.0. The molecule has 1 spiro atoms. The Bertz CT molecular complexity index is 853. The lowest BCUT2D eigenvalue weighted by molar-refractivity contribution is -0.136. The Kier molecular flexibility index (Phi) is 7.86. The van der Waals surface area contributed by atoms with Gasteiger partial charge in [0.1, 0.15) is 0 Å². The normalized spacial score (nSPS) is 24.7. The molecular weight excluding hydrogens is 424 g/mol. The highest BCUT2D eigenvalue weighted by molar-refractivity contribution is 5.89. The number of rotatable bonds is 6. The van der Waals surface area contributed by atoms with Gasteiger partial charge in [0, 0.05) is 0 Å². The number of benzene rings is 1. The number of hydrogen-bond donors (Lipinski definition) is 1. The number of nitrogens with one attached hydrogen (secondary N) is 1. The molecule has 1 saturated carbocycles. The van der Waals surface area contributed by atoms with E-state index >= 15 is 0 Å². The van der Waals surface area contributed by atoms with E-state index in [2.05, 4.69) is 51.8 Å². The fourth-order valence-corrected chi connectivity index (χ4v) is 5.64. The van der Waals surface area contributed by atoms with Crippen LogP contribution in [0.1, 0.15) is 116 Å². The summed E-state index contributed by atoms with van der Waals surface area (Å²) in [6, 6.07) is 7.72. The highest BCUT2D eigenvalue weighted by atomic mass is 16.5. The van der Waals surface area contributed by atoms with Crippen molar-refractivity contribution in [3.8, 4) is 0 Å². The maximum Gasteiger partial charge on any atom is 0.338 e. The minimum Gasteiger partial charge on any atom is -0.459 e. The van der Waals surface area contributed by atoms with Crippen LogP contribution in [-0.4, -0.2) is 35.1 Å². The lowest BCUT2D eigenvalue weighted by atomic mass is 9.69. The van der Waals surface area contributed by atoms with E-state index in [9.17, 15) is 9.59 Å². The van der Waals surface area contributed by atoms with E-state index in [1.807, 2.05) is 38.1 Å². The van der Waals surface area contributed by atoms with E-state index in [0.717, 1.165) is 44.1 Å². The molecule has 1 N–H and O–H groups in total. The molecule has 1 aliphatic heterocycles. The van der Waals surface area contributed by atoms with Crippen molar-refractivity contribution in [2.45, 2.75) is 112 Å². The Morgan fingerprint density at radius 2 is 1.68 bits per heavy atom. The number of carbonyl (C=O) groups excluding carboxylic acids is 2. The fourth-order valence-electron chi connectivity index (χ4n) is 5.64. The topological polar surface area (TPSA) is 58.6 Å². The molecule has 2 fully saturated rings. The molecule has 0 unspecified atom stereocenters. The molecule has 34 heavy (non-hydrogen) atoms. The van der Waals surface area contributed by atoms with Gasteiger partial charge in [-0.05, 0) is 86.8 Å². The average molecular weight is 471 g/mol. The first-order valence-corrected chi connectivity index (χ1v) is 13.1. The van der Waals surface area contributed by atoms with Crippen molar-refractivity contribution >= 4 is 11.9 Å². The van der Waals surface area contributed by atoms with Crippen LogP contribution in [-0.2, 0) is 9.53 Å². The van der Waals surface area contributed by atoms with Crippen LogP contribution in [0.15, 0.2) is 24.3 Å². The monoisotopic (exact) mass is 470 g/mol. The molecule has 3 rings (SSSR count). The second-order valence-electron chi connectivity index (χ2n) is 13.0. The van der Waals surface area contributed by atoms with Crippen molar-refractivity contribution in [2.24, 2.45) is 16.7 Å². The van der Waals surface area contributed by atoms with Crippen molar-refractivity contribution in [3.05, 3.63) is 35.4 Å². The summed E-state index contributed by atoms with van der Waals surface area (Å²) in [4.78, 5) is 27.9. The Morgan fingerprint density at radius 3 is 2.18 bits per heavy atom. The molecule has 2 aliphatic rings. The maximum atomic E-state index is 13.4. The Morgan fingerprint density at radius 1 is 1.09 bits per heavy atom. The largest absolute Gasteiger partial charge is 0.459 e. The van der Waals surface area contributed by atoms with Crippen LogP contribution in [0.5, 0.6) is 0 Å². The number of hydrogen-bond acceptors (Lipinski definition) is 4. The van der Waals surface area contributed by atoms with E-state index in [0.29, 0.717) is 23.4 Å². The van der Waals surface area contributed by atoms with Crippen LogP contribution >= 0.6 is 0 Å². The average Bonchev–Trinajstić information content (AvgIpc) is 3.03. The summed E-state index contributed by atoms with van der Waals surface area (Å²) in [7, 11) is 0. The van der Waals surface area contributed by atoms with Gasteiger partial charge >= 0.3 is 5.97 Å². The number of ether oxygens (including phenoxy) is 1. The second-order valence-corrected chi connectivity index (χ2v) is 13.0. The van der Waals surface area contributed by atoms with E-state index in [1.54, 1.807) is 0 Å². The van der Waals surface area contributed by atoms with E-state index < -0.39 is 0 Å². The van der Waals surface area contributed by atoms with Gasteiger partial charge in [-0.3, -0.25) is 10.1 Å². The van der Waals surface area contributed by atoms with Gasteiger partial charge in [-0.2, -0.15) is 0 Å². The summed E-state index contributed by atoms with van der Waals surface area (Å²) in [5, 5.41) is 3.64. The molecule has 5 heteroatoms.